The molecule has 0 spiro atoms. The highest BCUT2D eigenvalue weighted by Crippen LogP contribution is 2.37. The van der Waals surface area contributed by atoms with Crippen LogP contribution in [0.1, 0.15) is 58.3 Å². The van der Waals surface area contributed by atoms with Crippen molar-refractivity contribution in [3.8, 4) is 0 Å². The molecule has 2 rings (SSSR count). The van der Waals surface area contributed by atoms with E-state index in [1.807, 2.05) is 7.11 Å². The summed E-state index contributed by atoms with van der Waals surface area (Å²) in [7, 11) is 1.81. The molecular weight excluding hydrogens is 226 g/mol. The molecule has 0 aromatic carbocycles. The van der Waals surface area contributed by atoms with E-state index >= 15 is 0 Å². The second kappa shape index (κ2) is 6.36. The van der Waals surface area contributed by atoms with Crippen molar-refractivity contribution in [2.24, 2.45) is 11.7 Å². The average molecular weight is 255 g/mol. The molecule has 0 aromatic heterocycles. The van der Waals surface area contributed by atoms with Crippen LogP contribution in [-0.4, -0.2) is 31.5 Å². The number of ether oxygens (including phenoxy) is 2. The van der Waals surface area contributed by atoms with Gasteiger partial charge in [0.25, 0.3) is 0 Å². The van der Waals surface area contributed by atoms with Gasteiger partial charge in [0, 0.05) is 13.7 Å². The Kier molecular flexibility index (Phi) is 5.05. The second-order valence-corrected chi connectivity index (χ2v) is 6.33. The molecule has 2 unspecified atom stereocenters. The number of rotatable bonds is 4. The number of hydrogen-bond acceptors (Lipinski definition) is 3. The first-order chi connectivity index (χ1) is 8.67. The Labute approximate surface area is 111 Å². The lowest BCUT2D eigenvalue weighted by Gasteiger charge is -2.42. The van der Waals surface area contributed by atoms with Gasteiger partial charge in [-0.25, -0.2) is 0 Å². The minimum absolute atomic E-state index is 0.0349. The van der Waals surface area contributed by atoms with E-state index in [1.165, 1.54) is 32.1 Å². The molecule has 0 amide bonds. The van der Waals surface area contributed by atoms with Gasteiger partial charge in [-0.05, 0) is 57.3 Å². The van der Waals surface area contributed by atoms with Crippen molar-refractivity contribution < 1.29 is 9.47 Å². The molecule has 2 fully saturated rings. The summed E-state index contributed by atoms with van der Waals surface area (Å²) in [6.07, 6.45) is 10.2. The average Bonchev–Trinajstić information content (AvgIpc) is 2.42. The third kappa shape index (κ3) is 3.46. The van der Waals surface area contributed by atoms with Crippen LogP contribution in [0, 0.1) is 5.92 Å². The van der Waals surface area contributed by atoms with Crippen LogP contribution in [0.25, 0.3) is 0 Å². The summed E-state index contributed by atoms with van der Waals surface area (Å²) in [6.45, 7) is 3.01. The summed E-state index contributed by atoms with van der Waals surface area (Å²) >= 11 is 0. The van der Waals surface area contributed by atoms with Crippen molar-refractivity contribution in [1.29, 1.82) is 0 Å². The van der Waals surface area contributed by atoms with Crippen molar-refractivity contribution in [2.75, 3.05) is 13.7 Å². The van der Waals surface area contributed by atoms with Crippen LogP contribution in [0.3, 0.4) is 0 Å². The summed E-state index contributed by atoms with van der Waals surface area (Å²) in [5.41, 5.74) is 5.98. The maximum absolute atomic E-state index is 6.44. The highest BCUT2D eigenvalue weighted by molar-refractivity contribution is 4.89. The van der Waals surface area contributed by atoms with Crippen LogP contribution in [0.5, 0.6) is 0 Å². The Bertz CT molecular complexity index is 249. The second-order valence-electron chi connectivity index (χ2n) is 6.33. The largest absolute Gasteiger partial charge is 0.381 e. The fourth-order valence-electron chi connectivity index (χ4n) is 3.44. The van der Waals surface area contributed by atoms with Crippen molar-refractivity contribution in [2.45, 2.75) is 76.1 Å². The van der Waals surface area contributed by atoms with E-state index in [1.54, 1.807) is 0 Å². The van der Waals surface area contributed by atoms with Crippen molar-refractivity contribution in [3.63, 3.8) is 0 Å². The summed E-state index contributed by atoms with van der Waals surface area (Å²) in [4.78, 5) is 0. The first kappa shape index (κ1) is 14.3. The van der Waals surface area contributed by atoms with Crippen molar-refractivity contribution in [3.05, 3.63) is 0 Å². The zero-order chi connectivity index (χ0) is 13.0. The lowest BCUT2D eigenvalue weighted by Crippen LogP contribution is -2.47. The minimum Gasteiger partial charge on any atom is -0.381 e. The third-order valence-electron chi connectivity index (χ3n) is 4.89. The Morgan fingerprint density at radius 3 is 2.39 bits per heavy atom. The number of hydrogen-bond donors (Lipinski definition) is 1. The Hall–Kier alpha value is -0.120. The van der Waals surface area contributed by atoms with E-state index in [4.69, 9.17) is 15.2 Å². The van der Waals surface area contributed by atoms with Gasteiger partial charge in [0.2, 0.25) is 0 Å². The zero-order valence-corrected chi connectivity index (χ0v) is 12.0. The Morgan fingerprint density at radius 1 is 1.11 bits per heavy atom. The molecule has 106 valence electrons. The fraction of sp³-hybridized carbons (Fsp3) is 1.00. The lowest BCUT2D eigenvalue weighted by atomic mass is 9.79. The van der Waals surface area contributed by atoms with Crippen LogP contribution in [0.4, 0.5) is 0 Å². The first-order valence-electron chi connectivity index (χ1n) is 7.58. The van der Waals surface area contributed by atoms with Gasteiger partial charge in [-0.2, -0.15) is 0 Å². The standard InChI is InChI=1S/C15H29NO2/c1-12-6-8-15(11-16,9-7-12)18-14-5-3-4-13(10-14)17-2/h12-14H,3-11,16H2,1-2H3. The molecule has 2 aliphatic rings. The molecule has 2 atom stereocenters. The monoisotopic (exact) mass is 255 g/mol. The van der Waals surface area contributed by atoms with Gasteiger partial charge in [-0.1, -0.05) is 6.92 Å². The normalized spacial score (nSPS) is 41.8. The summed E-state index contributed by atoms with van der Waals surface area (Å²) in [6, 6.07) is 0. The van der Waals surface area contributed by atoms with E-state index < -0.39 is 0 Å². The Morgan fingerprint density at radius 2 is 1.78 bits per heavy atom. The highest BCUT2D eigenvalue weighted by atomic mass is 16.5. The summed E-state index contributed by atoms with van der Waals surface area (Å²) < 4.78 is 11.9. The van der Waals surface area contributed by atoms with Gasteiger partial charge in [0.05, 0.1) is 17.8 Å². The molecule has 18 heavy (non-hydrogen) atoms. The van der Waals surface area contributed by atoms with Gasteiger partial charge in [-0.15, -0.1) is 0 Å². The van der Waals surface area contributed by atoms with Crippen LogP contribution < -0.4 is 5.73 Å². The van der Waals surface area contributed by atoms with Gasteiger partial charge in [-0.3, -0.25) is 0 Å². The molecule has 2 N–H and O–H groups in total. The lowest BCUT2D eigenvalue weighted by molar-refractivity contribution is -0.137. The molecule has 0 radical (unpaired) electrons. The first-order valence-corrected chi connectivity index (χ1v) is 7.58. The minimum atomic E-state index is -0.0349. The van der Waals surface area contributed by atoms with Crippen molar-refractivity contribution >= 4 is 0 Å². The summed E-state index contributed by atoms with van der Waals surface area (Å²) in [5, 5.41) is 0. The molecule has 3 nitrogen and oxygen atoms in total. The molecule has 0 aromatic rings. The molecule has 0 heterocycles. The molecular formula is C15H29NO2. The molecule has 2 saturated carbocycles. The number of methoxy groups -OCH3 is 1. The van der Waals surface area contributed by atoms with Gasteiger partial charge in [0.1, 0.15) is 0 Å². The van der Waals surface area contributed by atoms with E-state index in [0.717, 1.165) is 25.2 Å². The smallest absolute Gasteiger partial charge is 0.0808 e. The zero-order valence-electron chi connectivity index (χ0n) is 12.0. The SMILES string of the molecule is COC1CCCC(OC2(CN)CCC(C)CC2)C1. The third-order valence-corrected chi connectivity index (χ3v) is 4.89. The maximum atomic E-state index is 6.44. The van der Waals surface area contributed by atoms with E-state index in [-0.39, 0.29) is 5.60 Å². The van der Waals surface area contributed by atoms with Crippen LogP contribution in [0.2, 0.25) is 0 Å². The van der Waals surface area contributed by atoms with Gasteiger partial charge < -0.3 is 15.2 Å². The predicted molar refractivity (Wildman–Crippen MR) is 73.6 cm³/mol. The molecule has 2 aliphatic carbocycles. The molecule has 3 heteroatoms. The Balaban J connectivity index is 1.89. The molecule has 0 aliphatic heterocycles. The van der Waals surface area contributed by atoms with E-state index in [9.17, 15) is 0 Å². The molecule has 0 saturated heterocycles. The van der Waals surface area contributed by atoms with E-state index in [0.29, 0.717) is 18.8 Å². The predicted octanol–water partition coefficient (Wildman–Crippen LogP) is 2.87. The topological polar surface area (TPSA) is 44.5 Å². The number of nitrogens with two attached hydrogens (primary N) is 1. The maximum Gasteiger partial charge on any atom is 0.0808 e. The fourth-order valence-corrected chi connectivity index (χ4v) is 3.44. The van der Waals surface area contributed by atoms with Crippen molar-refractivity contribution in [1.82, 2.24) is 0 Å². The molecule has 0 bridgehead atoms. The highest BCUT2D eigenvalue weighted by Gasteiger charge is 2.37. The quantitative estimate of drug-likeness (QED) is 0.840. The van der Waals surface area contributed by atoms with Crippen LogP contribution in [0.15, 0.2) is 0 Å². The van der Waals surface area contributed by atoms with Crippen LogP contribution in [-0.2, 0) is 9.47 Å². The van der Waals surface area contributed by atoms with Gasteiger partial charge >= 0.3 is 0 Å². The summed E-state index contributed by atoms with van der Waals surface area (Å²) in [5.74, 6) is 0.839. The van der Waals surface area contributed by atoms with Crippen LogP contribution >= 0.6 is 0 Å². The van der Waals surface area contributed by atoms with Gasteiger partial charge in [0.15, 0.2) is 0 Å². The van der Waals surface area contributed by atoms with E-state index in [2.05, 4.69) is 6.92 Å².